The topological polar surface area (TPSA) is 64.6 Å². The van der Waals surface area contributed by atoms with Crippen LogP contribution in [0.25, 0.3) is 0 Å². The van der Waals surface area contributed by atoms with Crippen molar-refractivity contribution in [3.63, 3.8) is 0 Å². The maximum absolute atomic E-state index is 12.2. The van der Waals surface area contributed by atoms with Crippen LogP contribution < -0.4 is 14.2 Å². The van der Waals surface area contributed by atoms with Gasteiger partial charge in [-0.1, -0.05) is 24.6 Å². The lowest BCUT2D eigenvalue weighted by molar-refractivity contribution is 0.171. The summed E-state index contributed by atoms with van der Waals surface area (Å²) in [5.74, 6) is 1.70. The van der Waals surface area contributed by atoms with Crippen LogP contribution in [0.2, 0.25) is 4.34 Å². The highest BCUT2D eigenvalue weighted by Gasteiger charge is 2.18. The van der Waals surface area contributed by atoms with E-state index in [1.165, 1.54) is 6.07 Å². The van der Waals surface area contributed by atoms with Crippen LogP contribution in [0.15, 0.2) is 34.5 Å². The van der Waals surface area contributed by atoms with Gasteiger partial charge in [0.2, 0.25) is 10.0 Å². The minimum atomic E-state index is -3.49. The Hall–Kier alpha value is -1.28. The molecule has 1 atom stereocenters. The molecule has 3 rings (SSSR count). The molecule has 130 valence electrons. The Morgan fingerprint density at radius 1 is 1.21 bits per heavy atom. The molecule has 0 fully saturated rings. The van der Waals surface area contributed by atoms with E-state index in [1.54, 1.807) is 6.07 Å². The van der Waals surface area contributed by atoms with Crippen molar-refractivity contribution < 1.29 is 17.9 Å². The largest absolute Gasteiger partial charge is 0.486 e. The fourth-order valence-corrected chi connectivity index (χ4v) is 5.03. The third kappa shape index (κ3) is 4.03. The normalized spacial score (nSPS) is 15.2. The SMILES string of the molecule is CC(CCNS(=O)(=O)c1ccc(Cl)s1)c1ccc2c(c1)OCCO2. The van der Waals surface area contributed by atoms with Crippen LogP contribution in [-0.4, -0.2) is 28.2 Å². The summed E-state index contributed by atoms with van der Waals surface area (Å²) in [7, 11) is -3.49. The van der Waals surface area contributed by atoms with Crippen molar-refractivity contribution in [3.8, 4) is 11.5 Å². The maximum atomic E-state index is 12.2. The number of ether oxygens (including phenoxy) is 2. The van der Waals surface area contributed by atoms with Gasteiger partial charge in [-0.15, -0.1) is 11.3 Å². The highest BCUT2D eigenvalue weighted by molar-refractivity contribution is 7.91. The van der Waals surface area contributed by atoms with Gasteiger partial charge in [0.05, 0.1) is 4.34 Å². The van der Waals surface area contributed by atoms with Crippen LogP contribution in [0.4, 0.5) is 0 Å². The fourth-order valence-electron chi connectivity index (χ4n) is 2.46. The first kappa shape index (κ1) is 17.5. The van der Waals surface area contributed by atoms with Crippen LogP contribution in [0, 0.1) is 0 Å². The van der Waals surface area contributed by atoms with E-state index in [4.69, 9.17) is 21.1 Å². The lowest BCUT2D eigenvalue weighted by atomic mass is 9.97. The Morgan fingerprint density at radius 2 is 1.96 bits per heavy atom. The summed E-state index contributed by atoms with van der Waals surface area (Å²) < 4.78 is 38.7. The van der Waals surface area contributed by atoms with Crippen molar-refractivity contribution >= 4 is 33.0 Å². The van der Waals surface area contributed by atoms with Gasteiger partial charge in [-0.2, -0.15) is 0 Å². The third-order valence-corrected chi connectivity index (χ3v) is 7.00. The van der Waals surface area contributed by atoms with Gasteiger partial charge in [-0.3, -0.25) is 0 Å². The van der Waals surface area contributed by atoms with Gasteiger partial charge in [0, 0.05) is 6.54 Å². The Morgan fingerprint density at radius 3 is 2.67 bits per heavy atom. The predicted octanol–water partition coefficient (Wildman–Crippen LogP) is 3.64. The van der Waals surface area contributed by atoms with Crippen molar-refractivity contribution in [2.75, 3.05) is 19.8 Å². The zero-order chi connectivity index (χ0) is 17.2. The highest BCUT2D eigenvalue weighted by atomic mass is 35.5. The second-order valence-electron chi connectivity index (χ2n) is 5.55. The zero-order valence-corrected chi connectivity index (χ0v) is 15.5. The first-order chi connectivity index (χ1) is 11.5. The van der Waals surface area contributed by atoms with Gasteiger partial charge in [-0.05, 0) is 42.2 Å². The molecule has 1 aromatic heterocycles. The van der Waals surface area contributed by atoms with Crippen molar-refractivity contribution in [3.05, 3.63) is 40.2 Å². The summed E-state index contributed by atoms with van der Waals surface area (Å²) in [5.41, 5.74) is 1.10. The highest BCUT2D eigenvalue weighted by Crippen LogP contribution is 2.33. The third-order valence-electron chi connectivity index (χ3n) is 3.82. The van der Waals surface area contributed by atoms with Crippen molar-refractivity contribution in [2.45, 2.75) is 23.5 Å². The molecule has 8 heteroatoms. The standard InChI is InChI=1S/C16H18ClNO4S2/c1-11(12-2-3-13-14(10-12)22-9-8-21-13)6-7-18-24(19,20)16-5-4-15(17)23-16/h2-5,10-11,18H,6-9H2,1H3. The molecule has 0 amide bonds. The van der Waals surface area contributed by atoms with Crippen LogP contribution in [0.3, 0.4) is 0 Å². The van der Waals surface area contributed by atoms with Gasteiger partial charge in [0.25, 0.3) is 0 Å². The molecule has 1 aromatic carbocycles. The minimum Gasteiger partial charge on any atom is -0.486 e. The maximum Gasteiger partial charge on any atom is 0.250 e. The molecular formula is C16H18ClNO4S2. The number of rotatable bonds is 6. The van der Waals surface area contributed by atoms with E-state index in [0.29, 0.717) is 30.5 Å². The van der Waals surface area contributed by atoms with E-state index in [0.717, 1.165) is 28.4 Å². The number of halogens is 1. The van der Waals surface area contributed by atoms with Crippen LogP contribution in [0.1, 0.15) is 24.8 Å². The number of thiophene rings is 1. The lowest BCUT2D eigenvalue weighted by Gasteiger charge is -2.20. The second kappa shape index (κ2) is 7.31. The monoisotopic (exact) mass is 387 g/mol. The van der Waals surface area contributed by atoms with Gasteiger partial charge in [0.15, 0.2) is 11.5 Å². The molecule has 0 spiro atoms. The fraction of sp³-hybridized carbons (Fsp3) is 0.375. The summed E-state index contributed by atoms with van der Waals surface area (Å²) in [6, 6.07) is 8.95. The number of benzene rings is 1. The predicted molar refractivity (Wildman–Crippen MR) is 95.0 cm³/mol. The van der Waals surface area contributed by atoms with Crippen LogP contribution in [-0.2, 0) is 10.0 Å². The molecule has 0 aliphatic carbocycles. The van der Waals surface area contributed by atoms with Crippen molar-refractivity contribution in [2.24, 2.45) is 0 Å². The zero-order valence-electron chi connectivity index (χ0n) is 13.1. The Kier molecular flexibility index (Phi) is 5.34. The van der Waals surface area contributed by atoms with Gasteiger partial charge >= 0.3 is 0 Å². The molecular weight excluding hydrogens is 370 g/mol. The summed E-state index contributed by atoms with van der Waals surface area (Å²) in [6.07, 6.45) is 0.679. The molecule has 5 nitrogen and oxygen atoms in total. The number of hydrogen-bond acceptors (Lipinski definition) is 5. The molecule has 0 saturated carbocycles. The van der Waals surface area contributed by atoms with Gasteiger partial charge in [-0.25, -0.2) is 13.1 Å². The van der Waals surface area contributed by atoms with E-state index in [1.807, 2.05) is 18.2 Å². The van der Waals surface area contributed by atoms with E-state index < -0.39 is 10.0 Å². The first-order valence-corrected chi connectivity index (χ1v) is 10.3. The summed E-state index contributed by atoms with van der Waals surface area (Å²) in [6.45, 7) is 3.53. The lowest BCUT2D eigenvalue weighted by Crippen LogP contribution is -2.25. The summed E-state index contributed by atoms with van der Waals surface area (Å²) in [4.78, 5) is 0. The Balaban J connectivity index is 1.58. The molecule has 24 heavy (non-hydrogen) atoms. The number of fused-ring (bicyclic) bond motifs is 1. The number of nitrogens with one attached hydrogen (secondary N) is 1. The van der Waals surface area contributed by atoms with Crippen molar-refractivity contribution in [1.29, 1.82) is 0 Å². The molecule has 0 radical (unpaired) electrons. The van der Waals surface area contributed by atoms with E-state index in [2.05, 4.69) is 11.6 Å². The smallest absolute Gasteiger partial charge is 0.250 e. The summed E-state index contributed by atoms with van der Waals surface area (Å²) >= 11 is 6.84. The first-order valence-electron chi connectivity index (χ1n) is 7.60. The Labute approximate surface area is 150 Å². The van der Waals surface area contributed by atoms with E-state index in [9.17, 15) is 8.42 Å². The number of sulfonamides is 1. The molecule has 2 heterocycles. The molecule has 1 aliphatic heterocycles. The molecule has 1 N–H and O–H groups in total. The van der Waals surface area contributed by atoms with E-state index >= 15 is 0 Å². The van der Waals surface area contributed by atoms with E-state index in [-0.39, 0.29) is 10.1 Å². The van der Waals surface area contributed by atoms with Gasteiger partial charge in [0.1, 0.15) is 17.4 Å². The summed E-state index contributed by atoms with van der Waals surface area (Å²) in [5, 5.41) is 0. The number of hydrogen-bond donors (Lipinski definition) is 1. The average molecular weight is 388 g/mol. The molecule has 0 bridgehead atoms. The molecule has 2 aromatic rings. The Bertz CT molecular complexity index is 819. The quantitative estimate of drug-likeness (QED) is 0.821. The molecule has 0 saturated heterocycles. The molecule has 1 unspecified atom stereocenters. The average Bonchev–Trinajstić information content (AvgIpc) is 3.01. The van der Waals surface area contributed by atoms with Crippen molar-refractivity contribution in [1.82, 2.24) is 4.72 Å². The second-order valence-corrected chi connectivity index (χ2v) is 9.26. The van der Waals surface area contributed by atoms with Crippen LogP contribution >= 0.6 is 22.9 Å². The minimum absolute atomic E-state index is 0.190. The van der Waals surface area contributed by atoms with Crippen LogP contribution in [0.5, 0.6) is 11.5 Å². The van der Waals surface area contributed by atoms with Gasteiger partial charge < -0.3 is 9.47 Å². The molecule has 1 aliphatic rings.